The van der Waals surface area contributed by atoms with Crippen LogP contribution in [0.5, 0.6) is 5.88 Å². The molecule has 0 spiro atoms. The number of anilines is 1. The summed E-state index contributed by atoms with van der Waals surface area (Å²) in [6.45, 7) is 0.0964. The van der Waals surface area contributed by atoms with Gasteiger partial charge in [0.25, 0.3) is 0 Å². The molecule has 0 atom stereocenters. The van der Waals surface area contributed by atoms with E-state index in [1.54, 1.807) is 24.3 Å². The Hall–Kier alpha value is -2.35. The van der Waals surface area contributed by atoms with Gasteiger partial charge >= 0.3 is 6.18 Å². The number of nitrogens with one attached hydrogen (secondary N) is 1. The van der Waals surface area contributed by atoms with Crippen molar-refractivity contribution in [2.24, 2.45) is 5.84 Å². The van der Waals surface area contributed by atoms with Gasteiger partial charge in [-0.25, -0.2) is 10.8 Å². The van der Waals surface area contributed by atoms with Gasteiger partial charge in [-0.3, -0.25) is 5.43 Å². The first-order valence-electron chi connectivity index (χ1n) is 5.58. The molecule has 0 saturated heterocycles. The SMILES string of the molecule is NNc1nc(OCc2ccccc2)cc(C(F)(F)F)n1. The molecule has 2 rings (SSSR count). The summed E-state index contributed by atoms with van der Waals surface area (Å²) in [5, 5.41) is 0. The summed E-state index contributed by atoms with van der Waals surface area (Å²) in [5.41, 5.74) is 1.66. The Morgan fingerprint density at radius 1 is 1.15 bits per heavy atom. The highest BCUT2D eigenvalue weighted by molar-refractivity contribution is 5.30. The second-order valence-corrected chi connectivity index (χ2v) is 3.83. The number of hydrogen-bond donors (Lipinski definition) is 2. The molecule has 8 heteroatoms. The van der Waals surface area contributed by atoms with Gasteiger partial charge in [0.05, 0.1) is 0 Å². The highest BCUT2D eigenvalue weighted by atomic mass is 19.4. The van der Waals surface area contributed by atoms with Gasteiger partial charge in [0, 0.05) is 6.07 Å². The summed E-state index contributed by atoms with van der Waals surface area (Å²) in [7, 11) is 0. The van der Waals surface area contributed by atoms with Crippen molar-refractivity contribution in [3.63, 3.8) is 0 Å². The third kappa shape index (κ3) is 3.58. The molecule has 1 heterocycles. The first kappa shape index (κ1) is 14.1. The lowest BCUT2D eigenvalue weighted by Crippen LogP contribution is -2.16. The van der Waals surface area contributed by atoms with E-state index in [4.69, 9.17) is 10.6 Å². The van der Waals surface area contributed by atoms with E-state index in [0.717, 1.165) is 11.6 Å². The van der Waals surface area contributed by atoms with E-state index in [2.05, 4.69) is 9.97 Å². The van der Waals surface area contributed by atoms with Crippen molar-refractivity contribution < 1.29 is 17.9 Å². The Kier molecular flexibility index (Phi) is 4.04. The summed E-state index contributed by atoms with van der Waals surface area (Å²) in [6, 6.07) is 9.72. The maximum Gasteiger partial charge on any atom is 0.433 e. The minimum Gasteiger partial charge on any atom is -0.473 e. The van der Waals surface area contributed by atoms with Crippen LogP contribution in [0.1, 0.15) is 11.3 Å². The number of benzene rings is 1. The highest BCUT2D eigenvalue weighted by Gasteiger charge is 2.34. The number of nitrogens with zero attached hydrogens (tertiary/aromatic N) is 2. The van der Waals surface area contributed by atoms with Crippen molar-refractivity contribution in [2.75, 3.05) is 5.43 Å². The van der Waals surface area contributed by atoms with Crippen LogP contribution in [0.25, 0.3) is 0 Å². The molecule has 0 unspecified atom stereocenters. The molecule has 0 bridgehead atoms. The number of halogens is 3. The van der Waals surface area contributed by atoms with Crippen molar-refractivity contribution in [3.8, 4) is 5.88 Å². The molecule has 1 aromatic heterocycles. The molecule has 0 fully saturated rings. The molecule has 0 aliphatic carbocycles. The topological polar surface area (TPSA) is 73.1 Å². The van der Waals surface area contributed by atoms with Crippen LogP contribution >= 0.6 is 0 Å². The zero-order valence-corrected chi connectivity index (χ0v) is 10.2. The maximum atomic E-state index is 12.6. The molecular weight excluding hydrogens is 273 g/mol. The average Bonchev–Trinajstić information content (AvgIpc) is 2.45. The number of hydrogen-bond acceptors (Lipinski definition) is 5. The smallest absolute Gasteiger partial charge is 0.433 e. The standard InChI is InChI=1S/C12H11F3N4O/c13-12(14,15)9-6-10(18-11(17-9)19-16)20-7-8-4-2-1-3-5-8/h1-6H,7,16H2,(H,17,18,19). The fraction of sp³-hybridized carbons (Fsp3) is 0.167. The highest BCUT2D eigenvalue weighted by Crippen LogP contribution is 2.30. The summed E-state index contributed by atoms with van der Waals surface area (Å²) < 4.78 is 43.1. The van der Waals surface area contributed by atoms with Crippen LogP contribution in [0.3, 0.4) is 0 Å². The van der Waals surface area contributed by atoms with Crippen molar-refractivity contribution in [2.45, 2.75) is 12.8 Å². The molecule has 3 N–H and O–H groups in total. The zero-order chi connectivity index (χ0) is 14.6. The van der Waals surface area contributed by atoms with Crippen LogP contribution < -0.4 is 16.0 Å². The second kappa shape index (κ2) is 5.74. The Labute approximate surface area is 112 Å². The van der Waals surface area contributed by atoms with Gasteiger partial charge in [-0.1, -0.05) is 30.3 Å². The summed E-state index contributed by atoms with van der Waals surface area (Å²) in [4.78, 5) is 6.94. The van der Waals surface area contributed by atoms with Crippen LogP contribution in [0.4, 0.5) is 19.1 Å². The molecule has 5 nitrogen and oxygen atoms in total. The first-order valence-corrected chi connectivity index (χ1v) is 5.58. The van der Waals surface area contributed by atoms with Gasteiger partial charge in [-0.15, -0.1) is 0 Å². The minimum atomic E-state index is -4.60. The van der Waals surface area contributed by atoms with Crippen molar-refractivity contribution in [1.29, 1.82) is 0 Å². The van der Waals surface area contributed by atoms with Crippen LogP contribution in [0.2, 0.25) is 0 Å². The number of nitrogen functional groups attached to an aromatic ring is 1. The van der Waals surface area contributed by atoms with Gasteiger partial charge in [-0.2, -0.15) is 18.2 Å². The first-order chi connectivity index (χ1) is 9.49. The summed E-state index contributed by atoms with van der Waals surface area (Å²) in [6.07, 6.45) is -4.60. The van der Waals surface area contributed by atoms with E-state index in [1.165, 1.54) is 0 Å². The molecular formula is C12H11F3N4O. The van der Waals surface area contributed by atoms with Crippen molar-refractivity contribution in [3.05, 3.63) is 47.7 Å². The molecule has 1 aromatic carbocycles. The molecule has 0 aliphatic rings. The molecule has 0 amide bonds. The predicted molar refractivity (Wildman–Crippen MR) is 65.6 cm³/mol. The molecule has 106 valence electrons. The number of nitrogens with two attached hydrogens (primary N) is 1. The molecule has 0 saturated carbocycles. The lowest BCUT2D eigenvalue weighted by molar-refractivity contribution is -0.141. The maximum absolute atomic E-state index is 12.6. The van der Waals surface area contributed by atoms with E-state index in [1.807, 2.05) is 11.5 Å². The van der Waals surface area contributed by atoms with E-state index in [0.29, 0.717) is 0 Å². The number of alkyl halides is 3. The van der Waals surface area contributed by atoms with Crippen LogP contribution in [-0.4, -0.2) is 9.97 Å². The van der Waals surface area contributed by atoms with Crippen LogP contribution in [0.15, 0.2) is 36.4 Å². The number of aromatic nitrogens is 2. The Morgan fingerprint density at radius 3 is 2.45 bits per heavy atom. The summed E-state index contributed by atoms with van der Waals surface area (Å²) >= 11 is 0. The minimum absolute atomic E-state index is 0.0964. The summed E-state index contributed by atoms with van der Waals surface area (Å²) in [5.74, 6) is 4.48. The molecule has 2 aromatic rings. The van der Waals surface area contributed by atoms with Crippen molar-refractivity contribution >= 4 is 5.95 Å². The van der Waals surface area contributed by atoms with Gasteiger partial charge < -0.3 is 4.74 Å². The van der Waals surface area contributed by atoms with E-state index in [-0.39, 0.29) is 18.4 Å². The van der Waals surface area contributed by atoms with Crippen LogP contribution in [0, 0.1) is 0 Å². The Bertz CT molecular complexity index is 575. The fourth-order valence-corrected chi connectivity index (χ4v) is 1.44. The van der Waals surface area contributed by atoms with Gasteiger partial charge in [0.2, 0.25) is 11.8 Å². The predicted octanol–water partition coefficient (Wildman–Crippen LogP) is 2.36. The Balaban J connectivity index is 2.19. The van der Waals surface area contributed by atoms with Crippen LogP contribution in [-0.2, 0) is 12.8 Å². The normalized spacial score (nSPS) is 11.2. The van der Waals surface area contributed by atoms with E-state index >= 15 is 0 Å². The number of rotatable bonds is 4. The van der Waals surface area contributed by atoms with Gasteiger partial charge in [-0.05, 0) is 5.56 Å². The van der Waals surface area contributed by atoms with Crippen molar-refractivity contribution in [1.82, 2.24) is 9.97 Å². The second-order valence-electron chi connectivity index (χ2n) is 3.83. The fourth-order valence-electron chi connectivity index (χ4n) is 1.44. The third-order valence-electron chi connectivity index (χ3n) is 2.35. The van der Waals surface area contributed by atoms with E-state index < -0.39 is 11.9 Å². The zero-order valence-electron chi connectivity index (χ0n) is 10.2. The van der Waals surface area contributed by atoms with Gasteiger partial charge in [0.1, 0.15) is 6.61 Å². The Morgan fingerprint density at radius 2 is 1.85 bits per heavy atom. The average molecular weight is 284 g/mol. The van der Waals surface area contributed by atoms with Gasteiger partial charge in [0.15, 0.2) is 5.69 Å². The molecule has 20 heavy (non-hydrogen) atoms. The van der Waals surface area contributed by atoms with E-state index in [9.17, 15) is 13.2 Å². The lowest BCUT2D eigenvalue weighted by atomic mass is 10.2. The third-order valence-corrected chi connectivity index (χ3v) is 2.35. The largest absolute Gasteiger partial charge is 0.473 e. The number of ether oxygens (including phenoxy) is 1. The number of hydrazine groups is 1. The monoisotopic (exact) mass is 284 g/mol. The quantitative estimate of drug-likeness (QED) is 0.666. The molecule has 0 aliphatic heterocycles. The molecule has 0 radical (unpaired) electrons. The lowest BCUT2D eigenvalue weighted by Gasteiger charge is -2.11.